The fourth-order valence-electron chi connectivity index (χ4n) is 3.84. The highest BCUT2D eigenvalue weighted by atomic mass is 16.5. The largest absolute Gasteiger partial charge is 0.378 e. The Morgan fingerprint density at radius 3 is 2.14 bits per heavy atom. The number of hydrogen-bond donors (Lipinski definition) is 0. The number of ketones is 2. The zero-order valence-electron chi connectivity index (χ0n) is 15.8. The van der Waals surface area contributed by atoms with Crippen LogP contribution in [0, 0.1) is 0 Å². The van der Waals surface area contributed by atoms with Crippen LogP contribution in [0.5, 0.6) is 0 Å². The Morgan fingerprint density at radius 2 is 1.46 bits per heavy atom. The van der Waals surface area contributed by atoms with Crippen molar-refractivity contribution in [2.75, 3.05) is 26.3 Å². The molecule has 0 atom stereocenters. The summed E-state index contributed by atoms with van der Waals surface area (Å²) in [6.07, 6.45) is 3.51. The van der Waals surface area contributed by atoms with E-state index in [4.69, 9.17) is 4.74 Å². The van der Waals surface area contributed by atoms with Crippen LogP contribution in [-0.2, 0) is 9.53 Å². The molecule has 0 radical (unpaired) electrons. The second-order valence-corrected chi connectivity index (χ2v) is 7.03. The van der Waals surface area contributed by atoms with E-state index in [-0.39, 0.29) is 5.78 Å². The first-order valence-corrected chi connectivity index (χ1v) is 9.70. The molecule has 0 amide bonds. The standard InChI is InChI=1S/C24H23NO3/c26-23(19-9-5-2-6-10-19)24(27)21-12-11-20(17-18-7-3-1-4-8-18)22(21)25-13-15-28-16-14-25/h1-10,17H,11-16H2/b20-17+. The first kappa shape index (κ1) is 18.4. The fourth-order valence-corrected chi connectivity index (χ4v) is 3.84. The van der Waals surface area contributed by atoms with Crippen LogP contribution in [0.1, 0.15) is 28.8 Å². The van der Waals surface area contributed by atoms with Crippen molar-refractivity contribution in [3.8, 4) is 0 Å². The number of morpholine rings is 1. The summed E-state index contributed by atoms with van der Waals surface area (Å²) in [5.41, 5.74) is 4.24. The third-order valence-corrected chi connectivity index (χ3v) is 5.22. The van der Waals surface area contributed by atoms with Crippen molar-refractivity contribution in [3.63, 3.8) is 0 Å². The second kappa shape index (κ2) is 8.36. The molecule has 0 bridgehead atoms. The molecule has 4 nitrogen and oxygen atoms in total. The number of carbonyl (C=O) groups is 2. The number of rotatable bonds is 5. The molecule has 1 aliphatic carbocycles. The first-order chi connectivity index (χ1) is 13.7. The van der Waals surface area contributed by atoms with Gasteiger partial charge in [-0.25, -0.2) is 0 Å². The van der Waals surface area contributed by atoms with Crippen molar-refractivity contribution in [2.45, 2.75) is 12.8 Å². The minimum atomic E-state index is -0.428. The van der Waals surface area contributed by atoms with E-state index in [9.17, 15) is 9.59 Å². The third kappa shape index (κ3) is 3.82. The Hall–Kier alpha value is -2.98. The molecular formula is C24H23NO3. The lowest BCUT2D eigenvalue weighted by Crippen LogP contribution is -2.36. The van der Waals surface area contributed by atoms with Gasteiger partial charge in [0.1, 0.15) is 0 Å². The van der Waals surface area contributed by atoms with Crippen LogP contribution < -0.4 is 0 Å². The lowest BCUT2D eigenvalue weighted by atomic mass is 10.00. The molecule has 0 N–H and O–H groups in total. The van der Waals surface area contributed by atoms with E-state index in [0.29, 0.717) is 30.8 Å². The van der Waals surface area contributed by atoms with Gasteiger partial charge >= 0.3 is 0 Å². The highest BCUT2D eigenvalue weighted by Crippen LogP contribution is 2.36. The molecule has 142 valence electrons. The van der Waals surface area contributed by atoms with Gasteiger partial charge < -0.3 is 9.64 Å². The molecule has 2 aromatic rings. The number of Topliss-reactive ketones (excluding diaryl/α,β-unsaturated/α-hetero) is 2. The summed E-state index contributed by atoms with van der Waals surface area (Å²) in [5.74, 6) is -0.813. The van der Waals surface area contributed by atoms with Crippen molar-refractivity contribution < 1.29 is 14.3 Å². The quantitative estimate of drug-likeness (QED) is 0.589. The van der Waals surface area contributed by atoms with Gasteiger partial charge in [-0.2, -0.15) is 0 Å². The lowest BCUT2D eigenvalue weighted by molar-refractivity contribution is -0.112. The predicted molar refractivity (Wildman–Crippen MR) is 109 cm³/mol. The van der Waals surface area contributed by atoms with Gasteiger partial charge in [-0.1, -0.05) is 60.7 Å². The number of hydrogen-bond acceptors (Lipinski definition) is 4. The highest BCUT2D eigenvalue weighted by molar-refractivity contribution is 6.49. The summed E-state index contributed by atoms with van der Waals surface area (Å²) in [4.78, 5) is 28.1. The molecule has 0 aromatic heterocycles. The van der Waals surface area contributed by atoms with E-state index in [0.717, 1.165) is 36.3 Å². The summed E-state index contributed by atoms with van der Waals surface area (Å²) in [6.45, 7) is 2.74. The second-order valence-electron chi connectivity index (χ2n) is 7.03. The molecule has 2 aliphatic rings. The van der Waals surface area contributed by atoms with Crippen LogP contribution in [0.2, 0.25) is 0 Å². The van der Waals surface area contributed by atoms with Crippen molar-refractivity contribution in [2.24, 2.45) is 0 Å². The Bertz CT molecular complexity index is 923. The van der Waals surface area contributed by atoms with Crippen molar-refractivity contribution in [3.05, 3.63) is 88.6 Å². The molecule has 1 aliphatic heterocycles. The maximum absolute atomic E-state index is 13.1. The van der Waals surface area contributed by atoms with Gasteiger partial charge in [-0.15, -0.1) is 0 Å². The van der Waals surface area contributed by atoms with Gasteiger partial charge in [0.05, 0.1) is 13.2 Å². The average molecular weight is 373 g/mol. The highest BCUT2D eigenvalue weighted by Gasteiger charge is 2.32. The minimum absolute atomic E-state index is 0.385. The molecule has 4 rings (SSSR count). The zero-order valence-corrected chi connectivity index (χ0v) is 15.8. The topological polar surface area (TPSA) is 46.6 Å². The summed E-state index contributed by atoms with van der Waals surface area (Å²) in [6, 6.07) is 18.9. The summed E-state index contributed by atoms with van der Waals surface area (Å²) < 4.78 is 5.49. The molecule has 4 heteroatoms. The molecular weight excluding hydrogens is 350 g/mol. The van der Waals surface area contributed by atoms with Gasteiger partial charge in [0.25, 0.3) is 0 Å². The minimum Gasteiger partial charge on any atom is -0.378 e. The zero-order chi connectivity index (χ0) is 19.3. The molecule has 0 saturated carbocycles. The molecule has 1 saturated heterocycles. The monoisotopic (exact) mass is 373 g/mol. The lowest BCUT2D eigenvalue weighted by Gasteiger charge is -2.31. The maximum Gasteiger partial charge on any atom is 0.233 e. The van der Waals surface area contributed by atoms with E-state index >= 15 is 0 Å². The Labute approximate surface area is 165 Å². The van der Waals surface area contributed by atoms with Crippen molar-refractivity contribution >= 4 is 17.6 Å². The van der Waals surface area contributed by atoms with Crippen molar-refractivity contribution in [1.82, 2.24) is 4.90 Å². The number of nitrogens with zero attached hydrogens (tertiary/aromatic N) is 1. The van der Waals surface area contributed by atoms with Gasteiger partial charge in [0.15, 0.2) is 0 Å². The Balaban J connectivity index is 1.72. The van der Waals surface area contributed by atoms with Gasteiger partial charge in [-0.3, -0.25) is 9.59 Å². The van der Waals surface area contributed by atoms with Crippen LogP contribution in [0.15, 0.2) is 77.5 Å². The van der Waals surface area contributed by atoms with E-state index in [2.05, 4.69) is 23.1 Å². The predicted octanol–water partition coefficient (Wildman–Crippen LogP) is 3.90. The Morgan fingerprint density at radius 1 is 0.821 bits per heavy atom. The molecule has 0 unspecified atom stereocenters. The van der Waals surface area contributed by atoms with E-state index in [1.54, 1.807) is 24.3 Å². The molecule has 28 heavy (non-hydrogen) atoms. The average Bonchev–Trinajstić information content (AvgIpc) is 3.18. The fraction of sp³-hybridized carbons (Fsp3) is 0.250. The summed E-state index contributed by atoms with van der Waals surface area (Å²) >= 11 is 0. The molecule has 0 spiro atoms. The van der Waals surface area contributed by atoms with Crippen molar-refractivity contribution in [1.29, 1.82) is 0 Å². The number of allylic oxidation sites excluding steroid dienone is 2. The van der Waals surface area contributed by atoms with E-state index < -0.39 is 5.78 Å². The normalized spacial score (nSPS) is 18.6. The number of ether oxygens (including phenoxy) is 1. The van der Waals surface area contributed by atoms with Crippen LogP contribution in [0.4, 0.5) is 0 Å². The van der Waals surface area contributed by atoms with Crippen LogP contribution in [0.3, 0.4) is 0 Å². The van der Waals surface area contributed by atoms with Crippen LogP contribution in [-0.4, -0.2) is 42.8 Å². The van der Waals surface area contributed by atoms with Gasteiger partial charge in [0, 0.05) is 29.9 Å². The number of carbonyl (C=O) groups excluding carboxylic acids is 2. The van der Waals surface area contributed by atoms with Gasteiger partial charge in [0.2, 0.25) is 11.6 Å². The Kier molecular flexibility index (Phi) is 5.49. The van der Waals surface area contributed by atoms with Crippen LogP contribution >= 0.6 is 0 Å². The maximum atomic E-state index is 13.1. The molecule has 2 aromatic carbocycles. The van der Waals surface area contributed by atoms with E-state index in [1.807, 2.05) is 24.3 Å². The SMILES string of the molecule is O=C(C(=O)c1ccccc1)C1=C(N2CCOCC2)/C(=C/c2ccccc2)CC1. The smallest absolute Gasteiger partial charge is 0.233 e. The van der Waals surface area contributed by atoms with E-state index in [1.165, 1.54) is 0 Å². The number of benzene rings is 2. The summed E-state index contributed by atoms with van der Waals surface area (Å²) in [5, 5.41) is 0. The van der Waals surface area contributed by atoms with Crippen LogP contribution in [0.25, 0.3) is 6.08 Å². The first-order valence-electron chi connectivity index (χ1n) is 9.70. The third-order valence-electron chi connectivity index (χ3n) is 5.22. The molecule has 1 heterocycles. The van der Waals surface area contributed by atoms with Gasteiger partial charge in [-0.05, 0) is 30.1 Å². The summed E-state index contributed by atoms with van der Waals surface area (Å²) in [7, 11) is 0. The molecule has 1 fully saturated rings.